The molecule has 0 aliphatic carbocycles. The standard InChI is InChI=1S/C14H19BrN2O/c15-13-3-1-2-12-11(13)4-9-18-14(12)10-17-7-5-16-6-8-17/h1-3,14,16H,4-10H2. The number of nitrogens with one attached hydrogen (secondary N) is 1. The van der Waals surface area contributed by atoms with Crippen molar-refractivity contribution >= 4 is 15.9 Å². The summed E-state index contributed by atoms with van der Waals surface area (Å²) in [6, 6.07) is 6.46. The van der Waals surface area contributed by atoms with Crippen LogP contribution in [-0.2, 0) is 11.2 Å². The van der Waals surface area contributed by atoms with E-state index in [4.69, 9.17) is 4.74 Å². The number of piperazine rings is 1. The predicted molar refractivity (Wildman–Crippen MR) is 75.8 cm³/mol. The molecule has 1 N–H and O–H groups in total. The van der Waals surface area contributed by atoms with Crippen molar-refractivity contribution in [3.8, 4) is 0 Å². The Morgan fingerprint density at radius 3 is 3.00 bits per heavy atom. The van der Waals surface area contributed by atoms with Gasteiger partial charge in [-0.05, 0) is 23.6 Å². The van der Waals surface area contributed by atoms with Crippen LogP contribution in [0.15, 0.2) is 22.7 Å². The van der Waals surface area contributed by atoms with Crippen LogP contribution in [-0.4, -0.2) is 44.2 Å². The lowest BCUT2D eigenvalue weighted by Crippen LogP contribution is -2.45. The molecular formula is C14H19BrN2O. The molecule has 0 aromatic heterocycles. The van der Waals surface area contributed by atoms with Crippen LogP contribution in [0.4, 0.5) is 0 Å². The van der Waals surface area contributed by atoms with Crippen LogP contribution in [0.2, 0.25) is 0 Å². The highest BCUT2D eigenvalue weighted by Crippen LogP contribution is 2.32. The minimum atomic E-state index is 0.240. The molecule has 0 amide bonds. The van der Waals surface area contributed by atoms with Crippen LogP contribution in [0, 0.1) is 0 Å². The first-order valence-corrected chi connectivity index (χ1v) is 7.46. The Balaban J connectivity index is 1.76. The molecular weight excluding hydrogens is 292 g/mol. The number of ether oxygens (including phenoxy) is 1. The number of fused-ring (bicyclic) bond motifs is 1. The quantitative estimate of drug-likeness (QED) is 0.904. The van der Waals surface area contributed by atoms with Crippen LogP contribution < -0.4 is 5.32 Å². The van der Waals surface area contributed by atoms with Crippen LogP contribution in [0.3, 0.4) is 0 Å². The van der Waals surface area contributed by atoms with E-state index in [0.29, 0.717) is 0 Å². The van der Waals surface area contributed by atoms with E-state index in [9.17, 15) is 0 Å². The minimum Gasteiger partial charge on any atom is -0.372 e. The summed E-state index contributed by atoms with van der Waals surface area (Å²) in [6.07, 6.45) is 1.26. The highest BCUT2D eigenvalue weighted by molar-refractivity contribution is 9.10. The van der Waals surface area contributed by atoms with E-state index in [2.05, 4.69) is 44.3 Å². The van der Waals surface area contributed by atoms with E-state index < -0.39 is 0 Å². The van der Waals surface area contributed by atoms with Gasteiger partial charge < -0.3 is 10.1 Å². The summed E-state index contributed by atoms with van der Waals surface area (Å²) < 4.78 is 7.21. The molecule has 2 aliphatic rings. The number of benzene rings is 1. The molecule has 4 heteroatoms. The average Bonchev–Trinajstić information content (AvgIpc) is 2.41. The van der Waals surface area contributed by atoms with E-state index in [1.165, 1.54) is 15.6 Å². The summed E-state index contributed by atoms with van der Waals surface area (Å²) in [6.45, 7) is 6.31. The molecule has 18 heavy (non-hydrogen) atoms. The molecule has 98 valence electrons. The van der Waals surface area contributed by atoms with Crippen molar-refractivity contribution in [1.29, 1.82) is 0 Å². The van der Waals surface area contributed by atoms with Gasteiger partial charge in [-0.3, -0.25) is 4.90 Å². The van der Waals surface area contributed by atoms with Gasteiger partial charge in [-0.2, -0.15) is 0 Å². The molecule has 2 heterocycles. The third kappa shape index (κ3) is 2.62. The van der Waals surface area contributed by atoms with Crippen molar-refractivity contribution in [3.63, 3.8) is 0 Å². The van der Waals surface area contributed by atoms with Gasteiger partial charge in [-0.1, -0.05) is 28.1 Å². The molecule has 1 fully saturated rings. The average molecular weight is 311 g/mol. The molecule has 1 saturated heterocycles. The first kappa shape index (κ1) is 12.6. The van der Waals surface area contributed by atoms with Crippen molar-refractivity contribution in [2.45, 2.75) is 12.5 Å². The SMILES string of the molecule is Brc1cccc2c1CCOC2CN1CCNCC1. The maximum atomic E-state index is 5.98. The zero-order valence-corrected chi connectivity index (χ0v) is 12.1. The number of rotatable bonds is 2. The van der Waals surface area contributed by atoms with Crippen molar-refractivity contribution in [3.05, 3.63) is 33.8 Å². The molecule has 1 unspecified atom stereocenters. The van der Waals surface area contributed by atoms with Gasteiger partial charge in [0.15, 0.2) is 0 Å². The van der Waals surface area contributed by atoms with Crippen LogP contribution in [0.25, 0.3) is 0 Å². The Labute approximate surface area is 117 Å². The largest absolute Gasteiger partial charge is 0.372 e. The molecule has 2 aliphatic heterocycles. The second kappa shape index (κ2) is 5.70. The summed E-state index contributed by atoms with van der Waals surface area (Å²) >= 11 is 3.66. The number of hydrogen-bond acceptors (Lipinski definition) is 3. The Hall–Kier alpha value is -0.420. The first-order chi connectivity index (χ1) is 8.84. The van der Waals surface area contributed by atoms with Crippen molar-refractivity contribution < 1.29 is 4.74 Å². The van der Waals surface area contributed by atoms with Gasteiger partial charge in [0.1, 0.15) is 0 Å². The fourth-order valence-corrected chi connectivity index (χ4v) is 3.39. The summed E-state index contributed by atoms with van der Waals surface area (Å²) in [5.74, 6) is 0. The van der Waals surface area contributed by atoms with Gasteiger partial charge >= 0.3 is 0 Å². The molecule has 3 nitrogen and oxygen atoms in total. The Morgan fingerprint density at radius 1 is 1.33 bits per heavy atom. The topological polar surface area (TPSA) is 24.5 Å². The van der Waals surface area contributed by atoms with Crippen molar-refractivity contribution in [2.75, 3.05) is 39.3 Å². The number of hydrogen-bond donors (Lipinski definition) is 1. The normalized spacial score (nSPS) is 24.8. The number of nitrogens with zero attached hydrogens (tertiary/aromatic N) is 1. The lowest BCUT2D eigenvalue weighted by molar-refractivity contribution is 0.0134. The van der Waals surface area contributed by atoms with E-state index in [1.54, 1.807) is 0 Å². The van der Waals surface area contributed by atoms with Gasteiger partial charge in [0, 0.05) is 37.2 Å². The molecule has 1 aromatic rings. The van der Waals surface area contributed by atoms with Crippen molar-refractivity contribution in [2.24, 2.45) is 0 Å². The first-order valence-electron chi connectivity index (χ1n) is 6.66. The van der Waals surface area contributed by atoms with Crippen LogP contribution in [0.1, 0.15) is 17.2 Å². The lowest BCUT2D eigenvalue weighted by atomic mass is 9.97. The van der Waals surface area contributed by atoms with E-state index in [1.807, 2.05) is 0 Å². The zero-order chi connectivity index (χ0) is 12.4. The summed E-state index contributed by atoms with van der Waals surface area (Å²) in [5, 5.41) is 3.39. The molecule has 1 aromatic carbocycles. The minimum absolute atomic E-state index is 0.240. The Morgan fingerprint density at radius 2 is 2.17 bits per heavy atom. The molecule has 0 saturated carbocycles. The highest BCUT2D eigenvalue weighted by Gasteiger charge is 2.24. The molecule has 0 radical (unpaired) electrons. The molecule has 0 spiro atoms. The van der Waals surface area contributed by atoms with Gasteiger partial charge in [0.05, 0.1) is 12.7 Å². The summed E-state index contributed by atoms with van der Waals surface area (Å²) in [5.41, 5.74) is 2.80. The van der Waals surface area contributed by atoms with Gasteiger partial charge in [-0.15, -0.1) is 0 Å². The third-order valence-corrected chi connectivity index (χ3v) is 4.55. The Kier molecular flexibility index (Phi) is 3.99. The smallest absolute Gasteiger partial charge is 0.0954 e. The fourth-order valence-electron chi connectivity index (χ4n) is 2.81. The third-order valence-electron chi connectivity index (χ3n) is 3.81. The van der Waals surface area contributed by atoms with E-state index in [0.717, 1.165) is 45.8 Å². The monoisotopic (exact) mass is 310 g/mol. The summed E-state index contributed by atoms with van der Waals surface area (Å²) in [4.78, 5) is 2.50. The van der Waals surface area contributed by atoms with Crippen LogP contribution >= 0.6 is 15.9 Å². The van der Waals surface area contributed by atoms with Gasteiger partial charge in [-0.25, -0.2) is 0 Å². The van der Waals surface area contributed by atoms with Gasteiger partial charge in [0.25, 0.3) is 0 Å². The fraction of sp³-hybridized carbons (Fsp3) is 0.571. The van der Waals surface area contributed by atoms with E-state index in [-0.39, 0.29) is 6.10 Å². The predicted octanol–water partition coefficient (Wildman–Crippen LogP) is 1.97. The zero-order valence-electron chi connectivity index (χ0n) is 10.5. The second-order valence-corrected chi connectivity index (χ2v) is 5.82. The van der Waals surface area contributed by atoms with Crippen molar-refractivity contribution in [1.82, 2.24) is 10.2 Å². The Bertz CT molecular complexity index is 418. The molecule has 0 bridgehead atoms. The highest BCUT2D eigenvalue weighted by atomic mass is 79.9. The van der Waals surface area contributed by atoms with E-state index >= 15 is 0 Å². The lowest BCUT2D eigenvalue weighted by Gasteiger charge is -2.34. The van der Waals surface area contributed by atoms with Gasteiger partial charge in [0.2, 0.25) is 0 Å². The number of halogens is 1. The van der Waals surface area contributed by atoms with Crippen LogP contribution in [0.5, 0.6) is 0 Å². The molecule has 1 atom stereocenters. The summed E-state index contributed by atoms with van der Waals surface area (Å²) in [7, 11) is 0. The molecule has 3 rings (SSSR count). The second-order valence-electron chi connectivity index (χ2n) is 4.97. The maximum absolute atomic E-state index is 5.98. The maximum Gasteiger partial charge on any atom is 0.0954 e.